The summed E-state index contributed by atoms with van der Waals surface area (Å²) in [6.45, 7) is 6.62. The van der Waals surface area contributed by atoms with Crippen molar-refractivity contribution in [3.63, 3.8) is 0 Å². The molecule has 0 atom stereocenters. The van der Waals surface area contributed by atoms with Crippen LogP contribution in [0.4, 0.5) is 5.69 Å². The minimum Gasteiger partial charge on any atom is -0.369 e. The lowest BCUT2D eigenvalue weighted by molar-refractivity contribution is -0.119. The van der Waals surface area contributed by atoms with Gasteiger partial charge in [0.25, 0.3) is 0 Å². The van der Waals surface area contributed by atoms with Gasteiger partial charge >= 0.3 is 0 Å². The van der Waals surface area contributed by atoms with Gasteiger partial charge in [-0.25, -0.2) is 0 Å². The van der Waals surface area contributed by atoms with E-state index in [4.69, 9.17) is 0 Å². The topological polar surface area (TPSA) is 57.1 Å². The third-order valence-corrected chi connectivity index (χ3v) is 5.93. The summed E-state index contributed by atoms with van der Waals surface area (Å²) in [7, 11) is 0. The van der Waals surface area contributed by atoms with Crippen molar-refractivity contribution in [1.82, 2.24) is 5.32 Å². The van der Waals surface area contributed by atoms with E-state index >= 15 is 0 Å². The molecule has 0 saturated carbocycles. The van der Waals surface area contributed by atoms with Crippen molar-refractivity contribution in [2.45, 2.75) is 26.7 Å². The molecule has 3 heterocycles. The van der Waals surface area contributed by atoms with Gasteiger partial charge in [-0.1, -0.05) is 32.0 Å². The van der Waals surface area contributed by atoms with Crippen molar-refractivity contribution in [3.05, 3.63) is 53.0 Å². The van der Waals surface area contributed by atoms with Crippen molar-refractivity contribution in [2.75, 3.05) is 24.5 Å². The number of anilines is 1. The number of allylic oxidation sites excluding steroid dienone is 1. The number of carbonyl (C=O) groups is 1. The zero-order chi connectivity index (χ0) is 17.2. The quantitative estimate of drug-likeness (QED) is 0.856. The number of benzene rings is 1. The second kappa shape index (κ2) is 4.81. The third kappa shape index (κ3) is 2.04. The Balaban J connectivity index is 1.56. The smallest absolute Gasteiger partial charge is 0.162 e. The number of fused-ring (bicyclic) bond motifs is 2. The van der Waals surface area contributed by atoms with E-state index in [1.807, 2.05) is 6.07 Å². The summed E-state index contributed by atoms with van der Waals surface area (Å²) < 4.78 is 0. The van der Waals surface area contributed by atoms with Crippen molar-refractivity contribution < 1.29 is 4.79 Å². The summed E-state index contributed by atoms with van der Waals surface area (Å²) in [6, 6.07) is 10.4. The van der Waals surface area contributed by atoms with E-state index in [2.05, 4.69) is 58.6 Å². The van der Waals surface area contributed by atoms with Crippen LogP contribution in [0, 0.1) is 10.8 Å². The van der Waals surface area contributed by atoms with Crippen molar-refractivity contribution in [3.8, 4) is 0 Å². The van der Waals surface area contributed by atoms with E-state index in [1.54, 1.807) is 0 Å². The zero-order valence-electron chi connectivity index (χ0n) is 14.7. The van der Waals surface area contributed by atoms with E-state index in [9.17, 15) is 4.79 Å². The number of para-hydroxylation sites is 1. The molecule has 0 aromatic heterocycles. The van der Waals surface area contributed by atoms with Crippen molar-refractivity contribution >= 4 is 11.5 Å². The molecule has 0 amide bonds. The number of nitrogens with one attached hydrogen (secondary N) is 1. The first kappa shape index (κ1) is 14.9. The maximum absolute atomic E-state index is 13.1. The normalized spacial score (nSPS) is 25.7. The van der Waals surface area contributed by atoms with Gasteiger partial charge in [0.2, 0.25) is 0 Å². The highest BCUT2D eigenvalue weighted by molar-refractivity contribution is 6.00. The Kier molecular flexibility index (Phi) is 2.86. The van der Waals surface area contributed by atoms with Gasteiger partial charge in [0.15, 0.2) is 11.6 Å². The number of dihydropyridines is 1. The second-order valence-corrected chi connectivity index (χ2v) is 8.42. The Bertz CT molecular complexity index is 857. The highest BCUT2D eigenvalue weighted by atomic mass is 16.1. The fourth-order valence-electron chi connectivity index (χ4n) is 4.84. The van der Waals surface area contributed by atoms with E-state index < -0.39 is 0 Å². The number of hydrogen-bond acceptors (Lipinski definition) is 5. The molecular weight excluding hydrogens is 312 g/mol. The molecule has 1 aromatic carbocycles. The van der Waals surface area contributed by atoms with Crippen LogP contribution < -0.4 is 10.2 Å². The molecule has 25 heavy (non-hydrogen) atoms. The first-order valence-corrected chi connectivity index (χ1v) is 8.94. The predicted molar refractivity (Wildman–Crippen MR) is 96.0 cm³/mol. The van der Waals surface area contributed by atoms with Gasteiger partial charge in [0.05, 0.1) is 12.0 Å². The van der Waals surface area contributed by atoms with Crippen LogP contribution in [0.1, 0.15) is 26.7 Å². The molecule has 3 aliphatic heterocycles. The first-order valence-electron chi connectivity index (χ1n) is 8.94. The zero-order valence-corrected chi connectivity index (χ0v) is 14.7. The van der Waals surface area contributed by atoms with Crippen molar-refractivity contribution in [2.24, 2.45) is 21.1 Å². The van der Waals surface area contributed by atoms with Gasteiger partial charge in [-0.15, -0.1) is 5.11 Å². The van der Waals surface area contributed by atoms with E-state index in [1.165, 1.54) is 11.3 Å². The highest BCUT2D eigenvalue weighted by Gasteiger charge is 2.57. The Morgan fingerprint density at radius 3 is 2.64 bits per heavy atom. The van der Waals surface area contributed by atoms with Crippen LogP contribution in [-0.4, -0.2) is 25.4 Å². The standard InChI is InChI=1S/C20H22N4O/c1-19(2)8-15-17(16(25)9-19)20(14-10-21-23-18(14)22-15)11-24(12-20)13-6-4-3-5-7-13/h3-7,22H,8-12H2,1-2H3. The molecule has 5 heteroatoms. The molecule has 0 bridgehead atoms. The fourth-order valence-corrected chi connectivity index (χ4v) is 4.84. The fraction of sp³-hybridized carbons (Fsp3) is 0.450. The summed E-state index contributed by atoms with van der Waals surface area (Å²) in [5.74, 6) is 1.18. The van der Waals surface area contributed by atoms with Gasteiger partial charge in [0, 0.05) is 42.0 Å². The number of rotatable bonds is 1. The average molecular weight is 334 g/mol. The summed E-state index contributed by atoms with van der Waals surface area (Å²) in [5, 5.41) is 12.0. The van der Waals surface area contributed by atoms with E-state index in [0.29, 0.717) is 18.7 Å². The molecule has 1 N–H and O–H groups in total. The third-order valence-electron chi connectivity index (χ3n) is 5.93. The van der Waals surface area contributed by atoms with Crippen molar-refractivity contribution in [1.29, 1.82) is 0 Å². The SMILES string of the molecule is CC1(C)CC(=O)C2=C(C1)NC1=C(CN=N1)C21CN(c2ccccc2)C1. The summed E-state index contributed by atoms with van der Waals surface area (Å²) in [4.78, 5) is 15.4. The van der Waals surface area contributed by atoms with Gasteiger partial charge in [-0.3, -0.25) is 4.79 Å². The number of hydrogen-bond donors (Lipinski definition) is 1. The highest BCUT2D eigenvalue weighted by Crippen LogP contribution is 2.55. The van der Waals surface area contributed by atoms with Gasteiger partial charge in [0.1, 0.15) is 0 Å². The van der Waals surface area contributed by atoms with E-state index in [0.717, 1.165) is 36.6 Å². The molecule has 0 radical (unpaired) electrons. The Morgan fingerprint density at radius 2 is 1.88 bits per heavy atom. The number of azo groups is 1. The van der Waals surface area contributed by atoms with Crippen LogP contribution in [0.25, 0.3) is 0 Å². The van der Waals surface area contributed by atoms with Crippen LogP contribution in [0.3, 0.4) is 0 Å². The molecule has 4 aliphatic rings. The molecule has 1 saturated heterocycles. The Hall–Kier alpha value is -2.43. The Labute approximate surface area is 147 Å². The Morgan fingerprint density at radius 1 is 1.12 bits per heavy atom. The lowest BCUT2D eigenvalue weighted by Crippen LogP contribution is -2.62. The molecule has 0 unspecified atom stereocenters. The van der Waals surface area contributed by atoms with Gasteiger partial charge < -0.3 is 10.2 Å². The maximum Gasteiger partial charge on any atom is 0.162 e. The van der Waals surface area contributed by atoms with Crippen LogP contribution in [-0.2, 0) is 4.79 Å². The summed E-state index contributed by atoms with van der Waals surface area (Å²) >= 11 is 0. The number of Topliss-reactive ketones (excluding diaryl/α,β-unsaturated/α-hetero) is 1. The molecule has 1 fully saturated rings. The molecule has 1 aliphatic carbocycles. The molecule has 1 spiro atoms. The monoisotopic (exact) mass is 334 g/mol. The number of nitrogens with zero attached hydrogens (tertiary/aromatic N) is 3. The summed E-state index contributed by atoms with van der Waals surface area (Å²) in [6.07, 6.45) is 1.52. The largest absolute Gasteiger partial charge is 0.369 e. The lowest BCUT2D eigenvalue weighted by Gasteiger charge is -2.56. The molecule has 1 aromatic rings. The molecule has 128 valence electrons. The number of ketones is 1. The van der Waals surface area contributed by atoms with Gasteiger partial charge in [-0.2, -0.15) is 5.11 Å². The van der Waals surface area contributed by atoms with Crippen LogP contribution >= 0.6 is 0 Å². The first-order chi connectivity index (χ1) is 12.0. The van der Waals surface area contributed by atoms with E-state index in [-0.39, 0.29) is 10.8 Å². The lowest BCUT2D eigenvalue weighted by atomic mass is 9.60. The molecule has 5 rings (SSSR count). The summed E-state index contributed by atoms with van der Waals surface area (Å²) in [5.41, 5.74) is 4.29. The predicted octanol–water partition coefficient (Wildman–Crippen LogP) is 3.42. The minimum absolute atomic E-state index is 0.000775. The second-order valence-electron chi connectivity index (χ2n) is 8.42. The molecular formula is C20H22N4O. The van der Waals surface area contributed by atoms with Crippen LogP contribution in [0.15, 0.2) is 63.2 Å². The van der Waals surface area contributed by atoms with Gasteiger partial charge in [-0.05, 0) is 24.0 Å². The minimum atomic E-state index is -0.206. The molecule has 5 nitrogen and oxygen atoms in total. The average Bonchev–Trinajstić information content (AvgIpc) is 2.98. The van der Waals surface area contributed by atoms with Crippen LogP contribution in [0.2, 0.25) is 0 Å². The van der Waals surface area contributed by atoms with Crippen LogP contribution in [0.5, 0.6) is 0 Å². The number of carbonyl (C=O) groups excluding carboxylic acids is 1. The maximum atomic E-state index is 13.1.